The van der Waals surface area contributed by atoms with Crippen molar-refractivity contribution in [2.45, 2.75) is 92.3 Å². The molecule has 0 saturated heterocycles. The van der Waals surface area contributed by atoms with Gasteiger partial charge in [-0.3, -0.25) is 0 Å². The number of hydrogen-bond acceptors (Lipinski definition) is 5. The maximum Gasteiger partial charge on any atom is 0.146 e. The van der Waals surface area contributed by atoms with Crippen molar-refractivity contribution in [3.8, 4) is 11.5 Å². The number of ether oxygens (including phenoxy) is 4. The topological polar surface area (TPSA) is 57.2 Å². The van der Waals surface area contributed by atoms with E-state index in [1.807, 2.05) is 19.1 Å². The Balaban J connectivity index is 1.71. The summed E-state index contributed by atoms with van der Waals surface area (Å²) in [5.74, 6) is 3.34. The quantitative estimate of drug-likeness (QED) is 0.409. The SMILES string of the molecule is COCO[C@H]1CC[C@]2(C)[C@H]3CC[C@@H](C)[C@@H](C(O)c4cc(OC)cc(C)c4OC)[C@]3(C)CC[C@H]2C1(C)C. The lowest BCUT2D eigenvalue weighted by molar-refractivity contribution is -0.230. The van der Waals surface area contributed by atoms with Crippen molar-refractivity contribution >= 4 is 0 Å². The van der Waals surface area contributed by atoms with Crippen LogP contribution in [-0.2, 0) is 9.47 Å². The van der Waals surface area contributed by atoms with Crippen molar-refractivity contribution in [2.75, 3.05) is 28.1 Å². The summed E-state index contributed by atoms with van der Waals surface area (Å²) < 4.78 is 22.9. The van der Waals surface area contributed by atoms with E-state index in [2.05, 4.69) is 34.6 Å². The van der Waals surface area contributed by atoms with E-state index in [9.17, 15) is 5.11 Å². The Hall–Kier alpha value is -1.30. The van der Waals surface area contributed by atoms with Gasteiger partial charge in [-0.15, -0.1) is 0 Å². The summed E-state index contributed by atoms with van der Waals surface area (Å²) in [5, 5.41) is 12.1. The first-order valence-corrected chi connectivity index (χ1v) is 14.0. The minimum atomic E-state index is -0.592. The molecular weight excluding hydrogens is 452 g/mol. The van der Waals surface area contributed by atoms with Gasteiger partial charge in [0, 0.05) is 12.7 Å². The summed E-state index contributed by atoms with van der Waals surface area (Å²) in [6.07, 6.45) is 6.58. The molecule has 0 heterocycles. The molecule has 4 rings (SSSR count). The number of benzene rings is 1. The molecule has 204 valence electrons. The van der Waals surface area contributed by atoms with E-state index in [0.29, 0.717) is 24.5 Å². The van der Waals surface area contributed by atoms with Gasteiger partial charge < -0.3 is 24.1 Å². The molecule has 0 radical (unpaired) electrons. The molecule has 1 unspecified atom stereocenters. The van der Waals surface area contributed by atoms with Crippen LogP contribution in [0.2, 0.25) is 0 Å². The van der Waals surface area contributed by atoms with Gasteiger partial charge in [-0.25, -0.2) is 0 Å². The molecule has 0 amide bonds. The summed E-state index contributed by atoms with van der Waals surface area (Å²) in [4.78, 5) is 0. The molecule has 8 atom stereocenters. The van der Waals surface area contributed by atoms with Crippen LogP contribution in [0.15, 0.2) is 12.1 Å². The van der Waals surface area contributed by atoms with E-state index in [0.717, 1.165) is 41.9 Å². The van der Waals surface area contributed by atoms with Gasteiger partial charge in [0.1, 0.15) is 18.3 Å². The van der Waals surface area contributed by atoms with Gasteiger partial charge in [-0.05, 0) is 96.6 Å². The molecule has 3 aliphatic rings. The van der Waals surface area contributed by atoms with E-state index < -0.39 is 6.10 Å². The van der Waals surface area contributed by atoms with E-state index in [1.54, 1.807) is 21.3 Å². The standard InChI is InChI=1S/C31H50O5/c1-19-10-11-24-30(5)15-13-25(36-18-33-7)29(3,4)23(30)12-14-31(24,6)26(19)27(32)22-17-21(34-8)16-20(2)28(22)35-9/h16-17,19,23-27,32H,10-15,18H2,1-9H3/t19-,23+,24-,25+,26+,27?,30+,31-/m1/s1. The molecule has 3 aliphatic carbocycles. The molecule has 0 spiro atoms. The first kappa shape index (κ1) is 27.7. The lowest BCUT2D eigenvalue weighted by Crippen LogP contribution is -2.62. The highest BCUT2D eigenvalue weighted by Gasteiger charge is 2.64. The summed E-state index contributed by atoms with van der Waals surface area (Å²) in [6.45, 7) is 14.6. The smallest absolute Gasteiger partial charge is 0.146 e. The maximum absolute atomic E-state index is 12.1. The normalized spacial score (nSPS) is 38.6. The fourth-order valence-corrected chi connectivity index (χ4v) is 9.58. The second-order valence-corrected chi connectivity index (χ2v) is 13.2. The first-order valence-electron chi connectivity index (χ1n) is 14.0. The molecule has 3 fully saturated rings. The van der Waals surface area contributed by atoms with Crippen molar-refractivity contribution in [1.29, 1.82) is 0 Å². The second-order valence-electron chi connectivity index (χ2n) is 13.2. The molecule has 1 aromatic carbocycles. The number of methoxy groups -OCH3 is 3. The fraction of sp³-hybridized carbons (Fsp3) is 0.806. The number of hydrogen-bond donors (Lipinski definition) is 1. The summed E-state index contributed by atoms with van der Waals surface area (Å²) >= 11 is 0. The zero-order valence-corrected chi connectivity index (χ0v) is 24.1. The summed E-state index contributed by atoms with van der Waals surface area (Å²) in [7, 11) is 5.10. The number of aryl methyl sites for hydroxylation is 1. The largest absolute Gasteiger partial charge is 0.497 e. The Kier molecular flexibility index (Phi) is 7.79. The average Bonchev–Trinajstić information content (AvgIpc) is 2.82. The van der Waals surface area contributed by atoms with Crippen LogP contribution in [0.5, 0.6) is 11.5 Å². The highest BCUT2D eigenvalue weighted by molar-refractivity contribution is 5.48. The van der Waals surface area contributed by atoms with Crippen molar-refractivity contribution in [1.82, 2.24) is 0 Å². The first-order chi connectivity index (χ1) is 16.9. The van der Waals surface area contributed by atoms with Gasteiger partial charge in [0.2, 0.25) is 0 Å². The minimum Gasteiger partial charge on any atom is -0.497 e. The monoisotopic (exact) mass is 502 g/mol. The Labute approximate surface area is 219 Å². The Bertz CT molecular complexity index is 928. The number of fused-ring (bicyclic) bond motifs is 3. The van der Waals surface area contributed by atoms with Gasteiger partial charge in [0.25, 0.3) is 0 Å². The molecule has 5 nitrogen and oxygen atoms in total. The summed E-state index contributed by atoms with van der Waals surface area (Å²) in [5.41, 5.74) is 2.26. The molecular formula is C31H50O5. The van der Waals surface area contributed by atoms with Crippen LogP contribution in [-0.4, -0.2) is 39.3 Å². The van der Waals surface area contributed by atoms with Gasteiger partial charge in [-0.1, -0.05) is 41.0 Å². The lowest BCUT2D eigenvalue weighted by atomic mass is 9.38. The third-order valence-electron chi connectivity index (χ3n) is 11.1. The van der Waals surface area contributed by atoms with E-state index in [-0.39, 0.29) is 28.3 Å². The number of rotatable bonds is 7. The molecule has 0 aromatic heterocycles. The summed E-state index contributed by atoms with van der Waals surface area (Å²) in [6, 6.07) is 3.98. The second kappa shape index (κ2) is 10.1. The molecule has 0 aliphatic heterocycles. The van der Waals surface area contributed by atoms with Crippen LogP contribution < -0.4 is 9.47 Å². The van der Waals surface area contributed by atoms with Crippen molar-refractivity contribution in [2.24, 2.45) is 39.9 Å². The highest BCUT2D eigenvalue weighted by atomic mass is 16.7. The van der Waals surface area contributed by atoms with Crippen LogP contribution in [0.25, 0.3) is 0 Å². The van der Waals surface area contributed by atoms with Crippen molar-refractivity contribution in [3.63, 3.8) is 0 Å². The molecule has 36 heavy (non-hydrogen) atoms. The molecule has 0 bridgehead atoms. The zero-order chi connectivity index (χ0) is 26.5. The molecule has 1 aromatic rings. The molecule has 3 saturated carbocycles. The van der Waals surface area contributed by atoms with Crippen LogP contribution in [0.4, 0.5) is 0 Å². The number of aliphatic hydroxyl groups excluding tert-OH is 1. The van der Waals surface area contributed by atoms with Crippen LogP contribution in [0, 0.1) is 46.8 Å². The zero-order valence-electron chi connectivity index (χ0n) is 24.1. The van der Waals surface area contributed by atoms with Crippen molar-refractivity contribution < 1.29 is 24.1 Å². The molecule has 5 heteroatoms. The molecule has 1 N–H and O–H groups in total. The fourth-order valence-electron chi connectivity index (χ4n) is 9.58. The van der Waals surface area contributed by atoms with Crippen LogP contribution in [0.3, 0.4) is 0 Å². The predicted octanol–water partition coefficient (Wildman–Crippen LogP) is 6.94. The van der Waals surface area contributed by atoms with Gasteiger partial charge >= 0.3 is 0 Å². The minimum absolute atomic E-state index is 0.0562. The Morgan fingerprint density at radius 3 is 2.25 bits per heavy atom. The Morgan fingerprint density at radius 1 is 0.917 bits per heavy atom. The average molecular weight is 503 g/mol. The van der Waals surface area contributed by atoms with Crippen LogP contribution in [0.1, 0.15) is 90.4 Å². The van der Waals surface area contributed by atoms with E-state index >= 15 is 0 Å². The third kappa shape index (κ3) is 4.27. The van der Waals surface area contributed by atoms with E-state index in [1.165, 1.54) is 19.3 Å². The highest BCUT2D eigenvalue weighted by Crippen LogP contribution is 2.70. The van der Waals surface area contributed by atoms with Gasteiger partial charge in [0.05, 0.1) is 26.4 Å². The lowest BCUT2D eigenvalue weighted by Gasteiger charge is -2.68. The number of aliphatic hydroxyl groups is 1. The van der Waals surface area contributed by atoms with Gasteiger partial charge in [0.15, 0.2) is 0 Å². The van der Waals surface area contributed by atoms with E-state index in [4.69, 9.17) is 18.9 Å². The van der Waals surface area contributed by atoms with Crippen molar-refractivity contribution in [3.05, 3.63) is 23.3 Å². The predicted molar refractivity (Wildman–Crippen MR) is 143 cm³/mol. The Morgan fingerprint density at radius 2 is 1.61 bits per heavy atom. The maximum atomic E-state index is 12.1. The van der Waals surface area contributed by atoms with Crippen LogP contribution >= 0.6 is 0 Å². The third-order valence-corrected chi connectivity index (χ3v) is 11.1. The van der Waals surface area contributed by atoms with Gasteiger partial charge in [-0.2, -0.15) is 0 Å².